The van der Waals surface area contributed by atoms with Gasteiger partial charge in [-0.2, -0.15) is 71.8 Å². The van der Waals surface area contributed by atoms with E-state index in [9.17, 15) is 0 Å². The molecule has 2 unspecified atom stereocenters. The maximum absolute atomic E-state index is 3.30. The fraction of sp³-hybridized carbons (Fsp3) is 0.261. The zero-order chi connectivity index (χ0) is 35.1. The van der Waals surface area contributed by atoms with Gasteiger partial charge in [-0.15, -0.1) is 35.9 Å². The molecule has 0 aliphatic heterocycles. The van der Waals surface area contributed by atoms with Crippen LogP contribution < -0.4 is 0 Å². The Balaban J connectivity index is 0.000000317. The first-order chi connectivity index (χ1) is 22.9. The summed E-state index contributed by atoms with van der Waals surface area (Å²) < 4.78 is 3.11. The zero-order valence-electron chi connectivity index (χ0n) is 30.8. The summed E-state index contributed by atoms with van der Waals surface area (Å²) in [6.07, 6.45) is 17.0. The molecule has 0 fully saturated rings. The number of rotatable bonds is 0. The Morgan fingerprint density at radius 2 is 0.860 bits per heavy atom. The summed E-state index contributed by atoms with van der Waals surface area (Å²) in [6, 6.07) is 36.2. The van der Waals surface area contributed by atoms with E-state index in [1.54, 1.807) is 6.51 Å². The molecule has 50 heavy (non-hydrogen) atoms. The maximum atomic E-state index is 3.30. The van der Waals surface area contributed by atoms with Crippen LogP contribution in [0.15, 0.2) is 120 Å². The number of allylic oxidation sites excluding steroid dienone is 8. The zero-order valence-corrected chi connectivity index (χ0v) is 39.6. The molecule has 256 valence electrons. The summed E-state index contributed by atoms with van der Waals surface area (Å²) in [4.78, 5) is 0. The molecule has 0 nitrogen and oxygen atoms in total. The molecule has 4 aliphatic rings. The van der Waals surface area contributed by atoms with Crippen molar-refractivity contribution in [1.82, 2.24) is 0 Å². The van der Waals surface area contributed by atoms with Gasteiger partial charge in [0.1, 0.15) is 0 Å². The van der Waals surface area contributed by atoms with E-state index in [1.165, 1.54) is 103 Å². The molecule has 4 heteroatoms. The van der Waals surface area contributed by atoms with Gasteiger partial charge in [-0.3, -0.25) is 12.2 Å². The van der Waals surface area contributed by atoms with Crippen molar-refractivity contribution in [3.63, 3.8) is 0 Å². The fourth-order valence-corrected chi connectivity index (χ4v) is 5.48. The third-order valence-corrected chi connectivity index (χ3v) is 7.41. The Morgan fingerprint density at radius 3 is 1.14 bits per heavy atom. The fourth-order valence-electron chi connectivity index (χ4n) is 5.48. The molecule has 0 saturated carbocycles. The second-order valence-electron chi connectivity index (χ2n) is 12.7. The van der Waals surface area contributed by atoms with Crippen molar-refractivity contribution >= 4 is 31.3 Å². The predicted octanol–water partition coefficient (Wildman–Crippen LogP) is 12.3. The van der Waals surface area contributed by atoms with Crippen molar-refractivity contribution < 1.29 is 47.8 Å². The predicted molar refractivity (Wildman–Crippen MR) is 216 cm³/mol. The van der Waals surface area contributed by atoms with Gasteiger partial charge in [-0.05, 0) is 12.8 Å². The van der Waals surface area contributed by atoms with Gasteiger partial charge in [-0.1, -0.05) is 110 Å². The van der Waals surface area contributed by atoms with Crippen molar-refractivity contribution in [1.29, 1.82) is 0 Å². The van der Waals surface area contributed by atoms with Crippen LogP contribution in [-0.2, 0) is 60.6 Å². The Hall–Kier alpha value is -2.10. The van der Waals surface area contributed by atoms with E-state index < -0.39 is 0 Å². The smallest absolute Gasteiger partial charge is 0.0253 e. The molecule has 4 aromatic rings. The Bertz CT molecular complexity index is 1580. The number of halogens is 2. The molecule has 0 spiro atoms. The molecule has 0 aromatic heterocycles. The molecule has 0 radical (unpaired) electrons. The van der Waals surface area contributed by atoms with Crippen LogP contribution in [0, 0.1) is 36.1 Å². The monoisotopic (exact) mass is 1030 g/mol. The number of fused-ring (bicyclic) bond motifs is 6. The first-order valence-electron chi connectivity index (χ1n) is 16.7. The van der Waals surface area contributed by atoms with Crippen LogP contribution in [0.3, 0.4) is 0 Å². The van der Waals surface area contributed by atoms with E-state index in [1.807, 2.05) is 12.1 Å². The van der Waals surface area contributed by atoms with Crippen LogP contribution >= 0.6 is 24.8 Å². The van der Waals surface area contributed by atoms with E-state index in [0.29, 0.717) is 11.8 Å². The van der Waals surface area contributed by atoms with Gasteiger partial charge in [0.2, 0.25) is 0 Å². The standard InChI is InChI=1S/2C13H9.2C7H9.2C3H6.2ClH.2Hf/c2*1-3-7-12-10(5-1)9-11-6-2-4-8-13(11)12;2*1-6-3-4-7(2)5-6;2*1-3-2;;;;/h2*1-5,7-8H,9H2;2*3-4,6H,1-2H3;2*1-2H3;2*1H;;/q4*-1;;;;;2*+2. The average Bonchev–Trinajstić information content (AvgIpc) is 3.82. The maximum Gasteiger partial charge on any atom is -0.0253 e. The molecular formula is C46H50Cl2Hf2. The first kappa shape index (κ1) is 45.9. The van der Waals surface area contributed by atoms with Gasteiger partial charge in [0.15, 0.2) is 0 Å². The van der Waals surface area contributed by atoms with Gasteiger partial charge in [0.05, 0.1) is 0 Å². The summed E-state index contributed by atoms with van der Waals surface area (Å²) in [5.41, 5.74) is 13.6. The first-order valence-corrected chi connectivity index (χ1v) is 20.3. The van der Waals surface area contributed by atoms with Gasteiger partial charge in [-0.25, -0.2) is 23.3 Å². The molecule has 4 aromatic carbocycles. The topological polar surface area (TPSA) is 0 Å². The Kier molecular flexibility index (Phi) is 22.2. The van der Waals surface area contributed by atoms with Gasteiger partial charge in [0.25, 0.3) is 0 Å². The SMILES string of the molecule is CC1=[C-]C(C)C=C1.CC1=[C-]C(C)C=C1.C[C](C)=[Hf+2].C[C](C)=[Hf+2].Cl.Cl.[c-]1cccc2c1Cc1ccccc1-2.[c-]1cccc2c1Cc1ccccc1-2. The van der Waals surface area contributed by atoms with Crippen LogP contribution in [0.4, 0.5) is 0 Å². The molecule has 0 heterocycles. The average molecular weight is 1030 g/mol. The third kappa shape index (κ3) is 16.1. The summed E-state index contributed by atoms with van der Waals surface area (Å²) >= 11 is 2.53. The molecule has 0 amide bonds. The number of benzene rings is 4. The van der Waals surface area contributed by atoms with Crippen molar-refractivity contribution in [3.8, 4) is 22.3 Å². The molecule has 0 bridgehead atoms. The summed E-state index contributed by atoms with van der Waals surface area (Å²) in [6.45, 7) is 17.0. The summed E-state index contributed by atoms with van der Waals surface area (Å²) in [5, 5.41) is 0. The van der Waals surface area contributed by atoms with E-state index in [4.69, 9.17) is 0 Å². The Morgan fingerprint density at radius 1 is 0.540 bits per heavy atom. The van der Waals surface area contributed by atoms with Crippen LogP contribution in [0.5, 0.6) is 0 Å². The molecule has 8 rings (SSSR count). The molecule has 2 atom stereocenters. The second-order valence-corrected chi connectivity index (χ2v) is 19.9. The minimum absolute atomic E-state index is 0. The third-order valence-electron chi connectivity index (χ3n) is 7.41. The van der Waals surface area contributed by atoms with E-state index in [-0.39, 0.29) is 24.8 Å². The molecule has 0 N–H and O–H groups in total. The van der Waals surface area contributed by atoms with Gasteiger partial charge < -0.3 is 0 Å². The van der Waals surface area contributed by atoms with Crippen LogP contribution in [0.1, 0.15) is 77.6 Å². The van der Waals surface area contributed by atoms with Crippen molar-refractivity contribution in [2.75, 3.05) is 0 Å². The van der Waals surface area contributed by atoms with Gasteiger partial charge in [0, 0.05) is 0 Å². The van der Waals surface area contributed by atoms with Crippen molar-refractivity contribution in [2.24, 2.45) is 11.8 Å². The second kappa shape index (κ2) is 24.2. The largest absolute Gasteiger partial charge is 0.179 e. The minimum atomic E-state index is 0. The Labute approximate surface area is 345 Å². The van der Waals surface area contributed by atoms with Crippen molar-refractivity contribution in [2.45, 2.75) is 68.2 Å². The van der Waals surface area contributed by atoms with Crippen molar-refractivity contribution in [3.05, 3.63) is 167 Å². The number of hydrogen-bond acceptors (Lipinski definition) is 0. The molecular weight excluding hydrogens is 980 g/mol. The van der Waals surface area contributed by atoms with Crippen LogP contribution in [-0.4, -0.2) is 6.51 Å². The van der Waals surface area contributed by atoms with E-state index in [0.717, 1.165) is 12.8 Å². The van der Waals surface area contributed by atoms with Gasteiger partial charge >= 0.3 is 82.0 Å². The normalized spacial score (nSPS) is 15.4. The molecule has 0 saturated heterocycles. The minimum Gasteiger partial charge on any atom is -0.179 e. The van der Waals surface area contributed by atoms with Crippen LogP contribution in [0.25, 0.3) is 22.3 Å². The number of hydrogen-bond donors (Lipinski definition) is 0. The summed E-state index contributed by atoms with van der Waals surface area (Å²) in [7, 11) is 0. The van der Waals surface area contributed by atoms with E-state index >= 15 is 0 Å². The van der Waals surface area contributed by atoms with E-state index in [2.05, 4.69) is 177 Å². The quantitative estimate of drug-likeness (QED) is 0.105. The van der Waals surface area contributed by atoms with Crippen LogP contribution in [0.2, 0.25) is 0 Å². The summed E-state index contributed by atoms with van der Waals surface area (Å²) in [5.74, 6) is 1.11. The molecule has 4 aliphatic carbocycles.